The standard InChI is InChI=1S/C24H22F2N2O4S/c1-33(30,31)28-12-11-17-14-18(7-9-21(17)28)23(29)27-20-8-10-22(32-24(25)26)19(15-20)13-16-5-3-2-4-6-16/h2-10,14-15,24H,11-13H2,1H3,(H,27,29). The molecule has 1 amide bonds. The molecule has 0 spiro atoms. The number of benzene rings is 3. The van der Waals surface area contributed by atoms with Crippen LogP contribution in [0.1, 0.15) is 27.0 Å². The molecule has 172 valence electrons. The SMILES string of the molecule is CS(=O)(=O)N1CCc2cc(C(=O)Nc3ccc(OC(F)F)c(Cc4ccccc4)c3)ccc21. The second-order valence-corrected chi connectivity index (χ2v) is 9.65. The van der Waals surface area contributed by atoms with Crippen LogP contribution in [0.4, 0.5) is 20.2 Å². The highest BCUT2D eigenvalue weighted by atomic mass is 32.2. The summed E-state index contributed by atoms with van der Waals surface area (Å²) >= 11 is 0. The molecule has 0 aliphatic carbocycles. The van der Waals surface area contributed by atoms with Gasteiger partial charge in [0, 0.05) is 29.8 Å². The molecule has 0 unspecified atom stereocenters. The van der Waals surface area contributed by atoms with Crippen LogP contribution in [0.5, 0.6) is 5.75 Å². The molecular weight excluding hydrogens is 450 g/mol. The maximum absolute atomic E-state index is 12.8. The third-order valence-electron chi connectivity index (χ3n) is 5.37. The number of alkyl halides is 2. The molecule has 1 aliphatic rings. The maximum Gasteiger partial charge on any atom is 0.387 e. The van der Waals surface area contributed by atoms with Gasteiger partial charge in [-0.3, -0.25) is 9.10 Å². The van der Waals surface area contributed by atoms with Crippen molar-refractivity contribution in [2.75, 3.05) is 22.4 Å². The highest BCUT2D eigenvalue weighted by Gasteiger charge is 2.26. The Balaban J connectivity index is 1.56. The molecule has 3 aromatic rings. The highest BCUT2D eigenvalue weighted by Crippen LogP contribution is 2.31. The predicted molar refractivity (Wildman–Crippen MR) is 123 cm³/mol. The molecule has 0 aromatic heterocycles. The van der Waals surface area contributed by atoms with E-state index in [2.05, 4.69) is 10.1 Å². The van der Waals surface area contributed by atoms with E-state index in [0.29, 0.717) is 41.9 Å². The fourth-order valence-electron chi connectivity index (χ4n) is 3.88. The fourth-order valence-corrected chi connectivity index (χ4v) is 4.84. The highest BCUT2D eigenvalue weighted by molar-refractivity contribution is 7.92. The third-order valence-corrected chi connectivity index (χ3v) is 6.55. The summed E-state index contributed by atoms with van der Waals surface area (Å²) in [6.07, 6.45) is 2.02. The fraction of sp³-hybridized carbons (Fsp3) is 0.208. The number of ether oxygens (including phenoxy) is 1. The largest absolute Gasteiger partial charge is 0.435 e. The number of nitrogens with one attached hydrogen (secondary N) is 1. The Labute approximate surface area is 190 Å². The topological polar surface area (TPSA) is 75.7 Å². The normalized spacial score (nSPS) is 13.2. The van der Waals surface area contributed by atoms with E-state index in [-0.39, 0.29) is 11.7 Å². The average Bonchev–Trinajstić information content (AvgIpc) is 3.20. The van der Waals surface area contributed by atoms with E-state index in [1.54, 1.807) is 24.3 Å². The van der Waals surface area contributed by atoms with Crippen LogP contribution in [0, 0.1) is 0 Å². The molecule has 0 atom stereocenters. The molecule has 0 saturated carbocycles. The number of amides is 1. The summed E-state index contributed by atoms with van der Waals surface area (Å²) in [5.41, 5.74) is 3.59. The molecular formula is C24H22F2N2O4S. The van der Waals surface area contributed by atoms with E-state index in [4.69, 9.17) is 0 Å². The predicted octanol–water partition coefficient (Wildman–Crippen LogP) is 4.45. The average molecular weight is 473 g/mol. The van der Waals surface area contributed by atoms with Gasteiger partial charge < -0.3 is 10.1 Å². The van der Waals surface area contributed by atoms with Crippen molar-refractivity contribution in [3.63, 3.8) is 0 Å². The van der Waals surface area contributed by atoms with Crippen molar-refractivity contribution in [2.45, 2.75) is 19.5 Å². The Kier molecular flexibility index (Phi) is 6.33. The minimum Gasteiger partial charge on any atom is -0.435 e. The molecule has 6 nitrogen and oxygen atoms in total. The van der Waals surface area contributed by atoms with Gasteiger partial charge in [-0.1, -0.05) is 30.3 Å². The summed E-state index contributed by atoms with van der Waals surface area (Å²) in [5.74, 6) is -0.339. The van der Waals surface area contributed by atoms with Gasteiger partial charge in [-0.05, 0) is 53.9 Å². The van der Waals surface area contributed by atoms with Gasteiger partial charge in [0.15, 0.2) is 0 Å². The van der Waals surface area contributed by atoms with Crippen molar-refractivity contribution in [3.8, 4) is 5.75 Å². The van der Waals surface area contributed by atoms with Gasteiger partial charge in [0.25, 0.3) is 5.91 Å². The molecule has 3 aromatic carbocycles. The Morgan fingerprint density at radius 3 is 2.55 bits per heavy atom. The first-order valence-electron chi connectivity index (χ1n) is 10.2. The Morgan fingerprint density at radius 2 is 1.85 bits per heavy atom. The first-order chi connectivity index (χ1) is 15.7. The van der Waals surface area contributed by atoms with Crippen molar-refractivity contribution in [2.24, 2.45) is 0 Å². The zero-order valence-corrected chi connectivity index (χ0v) is 18.6. The lowest BCUT2D eigenvalue weighted by molar-refractivity contribution is -0.0503. The van der Waals surface area contributed by atoms with Gasteiger partial charge in [0.05, 0.1) is 11.9 Å². The van der Waals surface area contributed by atoms with Gasteiger partial charge in [-0.15, -0.1) is 0 Å². The lowest BCUT2D eigenvalue weighted by atomic mass is 10.0. The van der Waals surface area contributed by atoms with E-state index >= 15 is 0 Å². The maximum atomic E-state index is 12.8. The summed E-state index contributed by atoms with van der Waals surface area (Å²) in [4.78, 5) is 12.8. The van der Waals surface area contributed by atoms with E-state index < -0.39 is 16.6 Å². The molecule has 1 aliphatic heterocycles. The molecule has 0 fully saturated rings. The smallest absolute Gasteiger partial charge is 0.387 e. The van der Waals surface area contributed by atoms with Crippen LogP contribution < -0.4 is 14.4 Å². The number of rotatable bonds is 7. The van der Waals surface area contributed by atoms with Crippen LogP contribution in [-0.4, -0.2) is 33.7 Å². The Morgan fingerprint density at radius 1 is 1.09 bits per heavy atom. The van der Waals surface area contributed by atoms with E-state index in [1.807, 2.05) is 30.3 Å². The van der Waals surface area contributed by atoms with Crippen LogP contribution in [-0.2, 0) is 22.9 Å². The quantitative estimate of drug-likeness (QED) is 0.551. The second kappa shape index (κ2) is 9.19. The van der Waals surface area contributed by atoms with Crippen LogP contribution in [0.3, 0.4) is 0 Å². The van der Waals surface area contributed by atoms with Crippen LogP contribution >= 0.6 is 0 Å². The number of sulfonamides is 1. The molecule has 0 bridgehead atoms. The number of hydrogen-bond donors (Lipinski definition) is 1. The van der Waals surface area contributed by atoms with Gasteiger partial charge >= 0.3 is 6.61 Å². The first kappa shape index (κ1) is 22.7. The summed E-state index contributed by atoms with van der Waals surface area (Å²) in [6, 6.07) is 18.7. The lowest BCUT2D eigenvalue weighted by Gasteiger charge is -2.16. The van der Waals surface area contributed by atoms with Gasteiger partial charge in [-0.25, -0.2) is 8.42 Å². The number of anilines is 2. The summed E-state index contributed by atoms with van der Waals surface area (Å²) < 4.78 is 55.5. The van der Waals surface area contributed by atoms with E-state index in [9.17, 15) is 22.0 Å². The number of hydrogen-bond acceptors (Lipinski definition) is 4. The second-order valence-electron chi connectivity index (χ2n) is 7.75. The van der Waals surface area contributed by atoms with Crippen molar-refractivity contribution in [1.29, 1.82) is 0 Å². The molecule has 1 heterocycles. The number of fused-ring (bicyclic) bond motifs is 1. The summed E-state index contributed by atoms with van der Waals surface area (Å²) in [6.45, 7) is -2.62. The van der Waals surface area contributed by atoms with Crippen LogP contribution in [0.2, 0.25) is 0 Å². The summed E-state index contributed by atoms with van der Waals surface area (Å²) in [7, 11) is -3.37. The molecule has 33 heavy (non-hydrogen) atoms. The molecule has 0 radical (unpaired) electrons. The van der Waals surface area contributed by atoms with Gasteiger partial charge in [0.2, 0.25) is 10.0 Å². The zero-order chi connectivity index (χ0) is 23.6. The molecule has 0 saturated heterocycles. The zero-order valence-electron chi connectivity index (χ0n) is 17.8. The number of halogens is 2. The lowest BCUT2D eigenvalue weighted by Crippen LogP contribution is -2.27. The van der Waals surface area contributed by atoms with Crippen molar-refractivity contribution in [3.05, 3.63) is 89.0 Å². The molecule has 4 rings (SSSR count). The van der Waals surface area contributed by atoms with Crippen molar-refractivity contribution < 1.29 is 26.7 Å². The Bertz CT molecular complexity index is 1280. The minimum absolute atomic E-state index is 0.0465. The van der Waals surface area contributed by atoms with Gasteiger partial charge in [-0.2, -0.15) is 8.78 Å². The van der Waals surface area contributed by atoms with E-state index in [0.717, 1.165) is 17.4 Å². The Hall–Kier alpha value is -3.46. The van der Waals surface area contributed by atoms with Crippen LogP contribution in [0.25, 0.3) is 0 Å². The third kappa shape index (κ3) is 5.31. The number of nitrogens with zero attached hydrogens (tertiary/aromatic N) is 1. The first-order valence-corrected chi connectivity index (χ1v) is 12.1. The molecule has 1 N–H and O–H groups in total. The molecule has 9 heteroatoms. The van der Waals surface area contributed by atoms with Gasteiger partial charge in [0.1, 0.15) is 5.75 Å². The van der Waals surface area contributed by atoms with Crippen molar-refractivity contribution >= 4 is 27.3 Å². The summed E-state index contributed by atoms with van der Waals surface area (Å²) in [5, 5.41) is 2.78. The van der Waals surface area contributed by atoms with E-state index in [1.165, 1.54) is 16.4 Å². The monoisotopic (exact) mass is 472 g/mol. The number of carbonyl (C=O) groups excluding carboxylic acids is 1. The number of carbonyl (C=O) groups is 1. The van der Waals surface area contributed by atoms with Crippen molar-refractivity contribution in [1.82, 2.24) is 0 Å². The minimum atomic E-state index is -3.37. The van der Waals surface area contributed by atoms with Crippen LogP contribution in [0.15, 0.2) is 66.7 Å².